The molecule has 412 valence electrons. The number of hydrogen-bond donors (Lipinski definition) is 0. The molecule has 0 heterocycles. The Labute approximate surface area is 440 Å². The van der Waals surface area contributed by atoms with E-state index in [4.69, 9.17) is 14.2 Å². The van der Waals surface area contributed by atoms with Crippen molar-refractivity contribution in [2.45, 2.75) is 322 Å². The Morgan fingerprint density at radius 1 is 0.296 bits per heavy atom. The van der Waals surface area contributed by atoms with Gasteiger partial charge in [0.1, 0.15) is 13.2 Å². The van der Waals surface area contributed by atoms with Crippen LogP contribution in [0.25, 0.3) is 0 Å². The molecule has 0 rings (SSSR count). The van der Waals surface area contributed by atoms with Gasteiger partial charge in [0.2, 0.25) is 0 Å². The molecule has 0 aliphatic heterocycles. The van der Waals surface area contributed by atoms with Crippen LogP contribution in [0.1, 0.15) is 316 Å². The van der Waals surface area contributed by atoms with Gasteiger partial charge in [-0.05, 0) is 77.0 Å². The molecule has 1 atom stereocenters. The van der Waals surface area contributed by atoms with E-state index in [1.807, 2.05) is 0 Å². The van der Waals surface area contributed by atoms with Crippen LogP contribution in [0, 0.1) is 0 Å². The first-order valence-corrected chi connectivity index (χ1v) is 30.8. The highest BCUT2D eigenvalue weighted by Crippen LogP contribution is 2.17. The van der Waals surface area contributed by atoms with Gasteiger partial charge in [-0.2, -0.15) is 0 Å². The minimum Gasteiger partial charge on any atom is -0.462 e. The summed E-state index contributed by atoms with van der Waals surface area (Å²) in [5.74, 6) is -0.901. The lowest BCUT2D eigenvalue weighted by molar-refractivity contribution is -0.167. The smallest absolute Gasteiger partial charge is 0.306 e. The molecule has 1 unspecified atom stereocenters. The first kappa shape index (κ1) is 68.1. The highest BCUT2D eigenvalue weighted by Gasteiger charge is 2.19. The average molecular weight is 994 g/mol. The van der Waals surface area contributed by atoms with E-state index in [-0.39, 0.29) is 31.1 Å². The van der Waals surface area contributed by atoms with Crippen molar-refractivity contribution in [3.05, 3.63) is 60.8 Å². The van der Waals surface area contributed by atoms with Gasteiger partial charge in [0.15, 0.2) is 6.10 Å². The van der Waals surface area contributed by atoms with Crippen molar-refractivity contribution in [2.24, 2.45) is 0 Å². The van der Waals surface area contributed by atoms with E-state index in [1.165, 1.54) is 161 Å². The standard InChI is InChI=1S/C65H116O6/c1-4-7-10-13-16-19-22-25-28-29-30-31-32-33-34-35-36-38-40-43-46-49-52-55-58-64(67)70-61-62(60-69-63(66)57-54-51-48-45-42-39-27-24-21-18-15-12-9-6-3)71-65(68)59-56-53-50-47-44-41-37-26-23-20-17-14-11-8-5-2/h8,11,15,17-18,20,24,26-27,37,62H,4-7,9-10,12-14,16,19,21-23,25,28-36,38-61H2,1-3H3/b11-8-,18-15-,20-17-,27-24-,37-26-. The molecule has 0 N–H and O–H groups in total. The van der Waals surface area contributed by atoms with Crippen LogP contribution in [0.15, 0.2) is 60.8 Å². The largest absolute Gasteiger partial charge is 0.462 e. The normalized spacial score (nSPS) is 12.4. The minimum absolute atomic E-state index is 0.0833. The van der Waals surface area contributed by atoms with E-state index >= 15 is 0 Å². The zero-order valence-corrected chi connectivity index (χ0v) is 47.2. The number of carbonyl (C=O) groups is 3. The van der Waals surface area contributed by atoms with Crippen LogP contribution in [0.5, 0.6) is 0 Å². The molecule has 0 aromatic carbocycles. The third-order valence-corrected chi connectivity index (χ3v) is 13.5. The van der Waals surface area contributed by atoms with E-state index in [9.17, 15) is 14.4 Å². The summed E-state index contributed by atoms with van der Waals surface area (Å²) in [6.07, 6.45) is 75.2. The fourth-order valence-corrected chi connectivity index (χ4v) is 8.89. The second-order valence-electron chi connectivity index (χ2n) is 20.6. The van der Waals surface area contributed by atoms with E-state index in [2.05, 4.69) is 81.5 Å². The summed E-state index contributed by atoms with van der Waals surface area (Å²) in [6.45, 7) is 6.50. The number of ether oxygens (including phenoxy) is 3. The molecule has 71 heavy (non-hydrogen) atoms. The highest BCUT2D eigenvalue weighted by molar-refractivity contribution is 5.71. The number of unbranched alkanes of at least 4 members (excludes halogenated alkanes) is 35. The zero-order valence-electron chi connectivity index (χ0n) is 47.2. The molecule has 0 amide bonds. The van der Waals surface area contributed by atoms with Crippen molar-refractivity contribution in [3.8, 4) is 0 Å². The Bertz CT molecular complexity index is 1280. The Morgan fingerprint density at radius 2 is 0.563 bits per heavy atom. The number of hydrogen-bond acceptors (Lipinski definition) is 6. The average Bonchev–Trinajstić information content (AvgIpc) is 3.37. The zero-order chi connectivity index (χ0) is 51.4. The molecule has 0 saturated carbocycles. The fourth-order valence-electron chi connectivity index (χ4n) is 8.89. The van der Waals surface area contributed by atoms with Crippen molar-refractivity contribution in [1.29, 1.82) is 0 Å². The lowest BCUT2D eigenvalue weighted by atomic mass is 10.0. The van der Waals surface area contributed by atoms with Gasteiger partial charge in [0.25, 0.3) is 0 Å². The van der Waals surface area contributed by atoms with Crippen LogP contribution in [-0.4, -0.2) is 37.2 Å². The van der Waals surface area contributed by atoms with Crippen LogP contribution in [0.3, 0.4) is 0 Å². The molecule has 0 aliphatic rings. The molecular weight excluding hydrogens is 877 g/mol. The van der Waals surface area contributed by atoms with Crippen LogP contribution >= 0.6 is 0 Å². The predicted octanol–water partition coefficient (Wildman–Crippen LogP) is 20.8. The van der Waals surface area contributed by atoms with E-state index < -0.39 is 6.10 Å². The van der Waals surface area contributed by atoms with Gasteiger partial charge in [0, 0.05) is 19.3 Å². The minimum atomic E-state index is -0.788. The Kier molecular flexibility index (Phi) is 57.2. The van der Waals surface area contributed by atoms with Crippen molar-refractivity contribution in [1.82, 2.24) is 0 Å². The van der Waals surface area contributed by atoms with E-state index in [0.29, 0.717) is 19.3 Å². The topological polar surface area (TPSA) is 78.9 Å². The third-order valence-electron chi connectivity index (χ3n) is 13.5. The van der Waals surface area contributed by atoms with Crippen molar-refractivity contribution in [3.63, 3.8) is 0 Å². The summed E-state index contributed by atoms with van der Waals surface area (Å²) in [5.41, 5.74) is 0. The maximum absolute atomic E-state index is 12.9. The molecule has 0 aromatic rings. The van der Waals surface area contributed by atoms with Crippen LogP contribution in [-0.2, 0) is 28.6 Å². The first-order chi connectivity index (χ1) is 35.0. The molecule has 0 radical (unpaired) electrons. The molecule has 0 bridgehead atoms. The Hall–Kier alpha value is -2.89. The molecule has 0 aliphatic carbocycles. The van der Waals surface area contributed by atoms with Gasteiger partial charge in [-0.3, -0.25) is 14.4 Å². The molecule has 0 fully saturated rings. The lowest BCUT2D eigenvalue weighted by Gasteiger charge is -2.18. The van der Waals surface area contributed by atoms with E-state index in [1.54, 1.807) is 0 Å². The maximum Gasteiger partial charge on any atom is 0.306 e. The number of rotatable bonds is 56. The number of allylic oxidation sites excluding steroid dienone is 10. The van der Waals surface area contributed by atoms with Crippen LogP contribution in [0.2, 0.25) is 0 Å². The Balaban J connectivity index is 4.28. The highest BCUT2D eigenvalue weighted by atomic mass is 16.6. The summed E-state index contributed by atoms with van der Waals surface area (Å²) in [7, 11) is 0. The third kappa shape index (κ3) is 57.9. The van der Waals surface area contributed by atoms with Crippen LogP contribution in [0.4, 0.5) is 0 Å². The van der Waals surface area contributed by atoms with Gasteiger partial charge in [-0.25, -0.2) is 0 Å². The quantitative estimate of drug-likeness (QED) is 0.0261. The van der Waals surface area contributed by atoms with Gasteiger partial charge in [-0.15, -0.1) is 0 Å². The fraction of sp³-hybridized carbons (Fsp3) is 0.800. The summed E-state index contributed by atoms with van der Waals surface area (Å²) >= 11 is 0. The van der Waals surface area contributed by atoms with Gasteiger partial charge < -0.3 is 14.2 Å². The first-order valence-electron chi connectivity index (χ1n) is 30.8. The second kappa shape index (κ2) is 59.7. The summed E-state index contributed by atoms with van der Waals surface area (Å²) in [4.78, 5) is 38.2. The van der Waals surface area contributed by atoms with Gasteiger partial charge in [0.05, 0.1) is 0 Å². The van der Waals surface area contributed by atoms with Crippen molar-refractivity contribution < 1.29 is 28.6 Å². The lowest BCUT2D eigenvalue weighted by Crippen LogP contribution is -2.30. The molecule has 6 nitrogen and oxygen atoms in total. The SMILES string of the molecule is CC/C=C\C/C=C\C/C=C\CCCCCCCC(=O)OC(COC(=O)CCCCCCC/C=C\C/C=C\CCCC)COC(=O)CCCCCCCCCCCCCCCCCCCCCCCCCC. The molecule has 0 spiro atoms. The van der Waals surface area contributed by atoms with Crippen molar-refractivity contribution >= 4 is 17.9 Å². The molecule has 6 heteroatoms. The molecule has 0 aromatic heterocycles. The molecular formula is C65H116O6. The predicted molar refractivity (Wildman–Crippen MR) is 307 cm³/mol. The summed E-state index contributed by atoms with van der Waals surface area (Å²) in [6, 6.07) is 0. The maximum atomic E-state index is 12.9. The van der Waals surface area contributed by atoms with Gasteiger partial charge >= 0.3 is 17.9 Å². The molecule has 0 saturated heterocycles. The van der Waals surface area contributed by atoms with Crippen molar-refractivity contribution in [2.75, 3.05) is 13.2 Å². The monoisotopic (exact) mass is 993 g/mol. The number of carbonyl (C=O) groups excluding carboxylic acids is 3. The second-order valence-corrected chi connectivity index (χ2v) is 20.6. The van der Waals surface area contributed by atoms with Crippen LogP contribution < -0.4 is 0 Å². The summed E-state index contributed by atoms with van der Waals surface area (Å²) < 4.78 is 16.9. The van der Waals surface area contributed by atoms with Gasteiger partial charge in [-0.1, -0.05) is 281 Å². The Morgan fingerprint density at radius 3 is 0.901 bits per heavy atom. The summed E-state index contributed by atoms with van der Waals surface area (Å²) in [5, 5.41) is 0. The number of esters is 3. The van der Waals surface area contributed by atoms with E-state index in [0.717, 1.165) is 116 Å².